The highest BCUT2D eigenvalue weighted by atomic mass is 32.2. The molecule has 9 heteroatoms. The van der Waals surface area contributed by atoms with Crippen LogP contribution in [0.25, 0.3) is 22.1 Å². The third-order valence-corrected chi connectivity index (χ3v) is 6.70. The van der Waals surface area contributed by atoms with E-state index in [-0.39, 0.29) is 0 Å². The number of likely N-dealkylation sites (tertiary alicyclic amines) is 1. The van der Waals surface area contributed by atoms with E-state index in [1.54, 1.807) is 18.0 Å². The predicted molar refractivity (Wildman–Crippen MR) is 115 cm³/mol. The average Bonchev–Trinajstić information content (AvgIpc) is 3.37. The second kappa shape index (κ2) is 7.98. The summed E-state index contributed by atoms with van der Waals surface area (Å²) in [6.07, 6.45) is 7.20. The number of imidazole rings is 1. The van der Waals surface area contributed by atoms with E-state index in [2.05, 4.69) is 20.6 Å². The summed E-state index contributed by atoms with van der Waals surface area (Å²) in [5, 5.41) is 1.91. The quantitative estimate of drug-likeness (QED) is 0.474. The fourth-order valence-corrected chi connectivity index (χ4v) is 4.94. The molecule has 3 aromatic heterocycles. The second-order valence-corrected chi connectivity index (χ2v) is 8.61. The van der Waals surface area contributed by atoms with E-state index in [4.69, 9.17) is 15.1 Å². The number of furan rings is 1. The molecule has 4 heterocycles. The molecule has 1 amide bonds. The number of aromatic nitrogens is 4. The molecule has 1 aliphatic heterocycles. The molecular formula is C21H22N6O2S. The first kappa shape index (κ1) is 18.9. The molecule has 8 nitrogen and oxygen atoms in total. The van der Waals surface area contributed by atoms with Crippen LogP contribution in [0.15, 0.2) is 51.3 Å². The van der Waals surface area contributed by atoms with Crippen molar-refractivity contribution in [1.82, 2.24) is 24.4 Å². The molecule has 0 saturated carbocycles. The molecule has 2 N–H and O–H groups in total. The number of fused-ring (bicyclic) bond motifs is 2. The Morgan fingerprint density at radius 3 is 2.93 bits per heavy atom. The Morgan fingerprint density at radius 2 is 2.10 bits per heavy atom. The number of rotatable bonds is 6. The Morgan fingerprint density at radius 1 is 1.23 bits per heavy atom. The third-order valence-electron chi connectivity index (χ3n) is 5.72. The number of anilines is 1. The first-order chi connectivity index (χ1) is 14.7. The van der Waals surface area contributed by atoms with E-state index in [0.717, 1.165) is 72.0 Å². The molecule has 154 valence electrons. The van der Waals surface area contributed by atoms with Gasteiger partial charge >= 0.3 is 0 Å². The number of hydrogen-bond donors (Lipinski definition) is 1. The summed E-state index contributed by atoms with van der Waals surface area (Å²) in [5.41, 5.74) is 8.34. The minimum absolute atomic E-state index is 0.394. The van der Waals surface area contributed by atoms with E-state index < -0.39 is 0 Å². The van der Waals surface area contributed by atoms with Crippen molar-refractivity contribution in [2.45, 2.75) is 35.9 Å². The Balaban J connectivity index is 1.42. The molecule has 1 aromatic carbocycles. The largest absolute Gasteiger partial charge is 0.464 e. The number of nitrogens with zero attached hydrogens (tertiary/aromatic N) is 5. The Kier molecular flexibility index (Phi) is 5.04. The van der Waals surface area contributed by atoms with Crippen LogP contribution in [0.1, 0.15) is 19.3 Å². The number of carbonyl (C=O) groups is 1. The number of piperidine rings is 1. The SMILES string of the molecule is Nc1ncnc2c1nc(Sc1ccc3occc3c1)n2CCC1CCN(C=O)CC1. The van der Waals surface area contributed by atoms with Crippen LogP contribution in [0.4, 0.5) is 5.82 Å². The van der Waals surface area contributed by atoms with Crippen LogP contribution in [0, 0.1) is 5.92 Å². The highest BCUT2D eigenvalue weighted by Crippen LogP contribution is 2.33. The van der Waals surface area contributed by atoms with Crippen molar-refractivity contribution in [2.75, 3.05) is 18.8 Å². The van der Waals surface area contributed by atoms with Crippen molar-refractivity contribution >= 4 is 46.1 Å². The molecule has 0 spiro atoms. The summed E-state index contributed by atoms with van der Waals surface area (Å²) in [4.78, 5) is 27.2. The molecule has 0 aliphatic carbocycles. The molecule has 1 fully saturated rings. The minimum atomic E-state index is 0.394. The van der Waals surface area contributed by atoms with Gasteiger partial charge in [0.2, 0.25) is 6.41 Å². The van der Waals surface area contributed by atoms with Gasteiger partial charge in [-0.15, -0.1) is 0 Å². The fraction of sp³-hybridized carbons (Fsp3) is 0.333. The smallest absolute Gasteiger partial charge is 0.209 e. The van der Waals surface area contributed by atoms with Gasteiger partial charge in [-0.05, 0) is 49.4 Å². The van der Waals surface area contributed by atoms with E-state index in [1.807, 2.05) is 23.1 Å². The highest BCUT2D eigenvalue weighted by molar-refractivity contribution is 7.99. The van der Waals surface area contributed by atoms with Gasteiger partial charge in [-0.2, -0.15) is 0 Å². The normalized spacial score (nSPS) is 15.3. The monoisotopic (exact) mass is 422 g/mol. The van der Waals surface area contributed by atoms with Crippen molar-refractivity contribution in [3.63, 3.8) is 0 Å². The lowest BCUT2D eigenvalue weighted by atomic mass is 9.94. The van der Waals surface area contributed by atoms with Gasteiger partial charge in [-0.3, -0.25) is 4.79 Å². The van der Waals surface area contributed by atoms with Crippen molar-refractivity contribution in [3.8, 4) is 0 Å². The lowest BCUT2D eigenvalue weighted by Crippen LogP contribution is -2.32. The van der Waals surface area contributed by atoms with Gasteiger partial charge in [0.1, 0.15) is 11.9 Å². The predicted octanol–water partition coefficient (Wildman–Crippen LogP) is 3.56. The number of amides is 1. The summed E-state index contributed by atoms with van der Waals surface area (Å²) in [6.45, 7) is 2.47. The summed E-state index contributed by atoms with van der Waals surface area (Å²) < 4.78 is 7.58. The maximum absolute atomic E-state index is 11.0. The van der Waals surface area contributed by atoms with Crippen LogP contribution in [0.5, 0.6) is 0 Å². The average molecular weight is 423 g/mol. The fourth-order valence-electron chi connectivity index (χ4n) is 3.99. The van der Waals surface area contributed by atoms with Crippen LogP contribution in [-0.2, 0) is 11.3 Å². The number of benzene rings is 1. The van der Waals surface area contributed by atoms with Gasteiger partial charge in [0.15, 0.2) is 22.1 Å². The van der Waals surface area contributed by atoms with Crippen LogP contribution >= 0.6 is 11.8 Å². The molecule has 0 bridgehead atoms. The molecule has 30 heavy (non-hydrogen) atoms. The number of nitrogen functional groups attached to an aromatic ring is 1. The Labute approximate surface area is 177 Å². The topological polar surface area (TPSA) is 103 Å². The third kappa shape index (κ3) is 3.60. The number of hydrogen-bond acceptors (Lipinski definition) is 7. The minimum Gasteiger partial charge on any atom is -0.464 e. The number of aryl methyl sites for hydroxylation is 1. The van der Waals surface area contributed by atoms with Crippen LogP contribution in [0.2, 0.25) is 0 Å². The standard InChI is InChI=1S/C21H22N6O2S/c22-19-18-20(24-12-23-19)27(9-5-14-3-7-26(13-28)8-4-14)21(25-18)30-16-1-2-17-15(11-16)6-10-29-17/h1-2,6,10-14H,3-5,7-9H2,(H2,22,23,24). The van der Waals surface area contributed by atoms with Gasteiger partial charge in [0.05, 0.1) is 6.26 Å². The zero-order valence-corrected chi connectivity index (χ0v) is 17.2. The lowest BCUT2D eigenvalue weighted by Gasteiger charge is -2.29. The van der Waals surface area contributed by atoms with Crippen LogP contribution in [0.3, 0.4) is 0 Å². The first-order valence-corrected chi connectivity index (χ1v) is 10.8. The van der Waals surface area contributed by atoms with E-state index >= 15 is 0 Å². The summed E-state index contributed by atoms with van der Waals surface area (Å²) in [5.74, 6) is 0.975. The lowest BCUT2D eigenvalue weighted by molar-refractivity contribution is -0.119. The Hall–Kier alpha value is -3.07. The van der Waals surface area contributed by atoms with Gasteiger partial charge in [-0.25, -0.2) is 15.0 Å². The van der Waals surface area contributed by atoms with Gasteiger partial charge in [-0.1, -0.05) is 11.8 Å². The van der Waals surface area contributed by atoms with Gasteiger partial charge < -0.3 is 19.6 Å². The summed E-state index contributed by atoms with van der Waals surface area (Å²) in [7, 11) is 0. The van der Waals surface area contributed by atoms with Crippen LogP contribution in [-0.4, -0.2) is 43.9 Å². The molecule has 0 unspecified atom stereocenters. The maximum atomic E-state index is 11.0. The molecule has 1 saturated heterocycles. The number of nitrogens with two attached hydrogens (primary N) is 1. The van der Waals surface area contributed by atoms with E-state index in [1.165, 1.54) is 6.33 Å². The summed E-state index contributed by atoms with van der Waals surface area (Å²) >= 11 is 1.59. The van der Waals surface area contributed by atoms with Crippen molar-refractivity contribution < 1.29 is 9.21 Å². The van der Waals surface area contributed by atoms with Crippen molar-refractivity contribution in [3.05, 3.63) is 36.9 Å². The highest BCUT2D eigenvalue weighted by Gasteiger charge is 2.21. The molecule has 4 aromatic rings. The Bertz CT molecular complexity index is 1190. The maximum Gasteiger partial charge on any atom is 0.209 e. The molecular weight excluding hydrogens is 400 g/mol. The molecule has 0 atom stereocenters. The van der Waals surface area contributed by atoms with Crippen molar-refractivity contribution in [1.29, 1.82) is 0 Å². The van der Waals surface area contributed by atoms with Gasteiger partial charge in [0.25, 0.3) is 0 Å². The molecule has 5 rings (SSSR count). The second-order valence-electron chi connectivity index (χ2n) is 7.57. The van der Waals surface area contributed by atoms with Crippen molar-refractivity contribution in [2.24, 2.45) is 5.92 Å². The van der Waals surface area contributed by atoms with E-state index in [9.17, 15) is 4.79 Å². The zero-order chi connectivity index (χ0) is 20.5. The van der Waals surface area contributed by atoms with Gasteiger partial charge in [0, 0.05) is 29.9 Å². The zero-order valence-electron chi connectivity index (χ0n) is 16.4. The molecule has 0 radical (unpaired) electrons. The molecule has 1 aliphatic rings. The number of carbonyl (C=O) groups excluding carboxylic acids is 1. The van der Waals surface area contributed by atoms with Crippen LogP contribution < -0.4 is 5.73 Å². The first-order valence-electron chi connectivity index (χ1n) is 10.0. The summed E-state index contributed by atoms with van der Waals surface area (Å²) in [6, 6.07) is 8.05. The van der Waals surface area contributed by atoms with E-state index in [0.29, 0.717) is 17.3 Å².